The van der Waals surface area contributed by atoms with E-state index in [0.29, 0.717) is 18.7 Å². The van der Waals surface area contributed by atoms with Gasteiger partial charge in [-0.2, -0.15) is 0 Å². The van der Waals surface area contributed by atoms with Crippen LogP contribution in [-0.2, 0) is 28.1 Å². The average Bonchev–Trinajstić information content (AvgIpc) is 3.44. The van der Waals surface area contributed by atoms with E-state index in [4.69, 9.17) is 4.42 Å². The highest BCUT2D eigenvalue weighted by Crippen LogP contribution is 2.44. The molecule has 2 aliphatic rings. The summed E-state index contributed by atoms with van der Waals surface area (Å²) in [6.45, 7) is 3.95. The first-order valence-electron chi connectivity index (χ1n) is 9.98. The molecule has 3 aromatic rings. The molecule has 0 aliphatic carbocycles. The number of carbonyl (C=O) groups is 3. The first kappa shape index (κ1) is 18.5. The number of hydrogen-bond donors (Lipinski definition) is 2. The van der Waals surface area contributed by atoms with E-state index >= 15 is 0 Å². The summed E-state index contributed by atoms with van der Waals surface area (Å²) in [6, 6.07) is 9.99. The van der Waals surface area contributed by atoms with Gasteiger partial charge in [0.05, 0.1) is 18.5 Å². The van der Waals surface area contributed by atoms with Gasteiger partial charge < -0.3 is 19.6 Å². The van der Waals surface area contributed by atoms with Crippen LogP contribution in [0.1, 0.15) is 30.9 Å². The lowest BCUT2D eigenvalue weighted by Crippen LogP contribution is -2.49. The standard InChI is InChI=1S/C22H22N4O4/c1-13(19(27)23-12-14-6-5-11-30-14)26-20(28)22(2)18-16(9-10-25(22)21(26)29)15-7-3-4-8-17(15)24-18/h3-8,11,13,24H,9-10,12H2,1-2H3,(H,23,27)/t13-,22+/m0/s1. The number of nitrogens with zero attached hydrogens (tertiary/aromatic N) is 2. The van der Waals surface area contributed by atoms with Crippen molar-refractivity contribution in [2.75, 3.05) is 6.54 Å². The third-order valence-corrected chi connectivity index (χ3v) is 6.28. The lowest BCUT2D eigenvalue weighted by Gasteiger charge is -2.36. The maximum absolute atomic E-state index is 13.5. The monoisotopic (exact) mass is 406 g/mol. The molecule has 2 atom stereocenters. The minimum atomic E-state index is -1.15. The lowest BCUT2D eigenvalue weighted by molar-refractivity contribution is -0.139. The molecule has 1 aromatic carbocycles. The number of nitrogens with one attached hydrogen (secondary N) is 2. The molecule has 0 saturated carbocycles. The van der Waals surface area contributed by atoms with Crippen molar-refractivity contribution in [3.63, 3.8) is 0 Å². The van der Waals surface area contributed by atoms with Gasteiger partial charge in [-0.05, 0) is 44.0 Å². The van der Waals surface area contributed by atoms with Gasteiger partial charge in [-0.1, -0.05) is 18.2 Å². The second-order valence-electron chi connectivity index (χ2n) is 7.93. The molecular weight excluding hydrogens is 384 g/mol. The molecule has 1 fully saturated rings. The smallest absolute Gasteiger partial charge is 0.328 e. The number of aromatic nitrogens is 1. The summed E-state index contributed by atoms with van der Waals surface area (Å²) in [4.78, 5) is 45.4. The van der Waals surface area contributed by atoms with Crippen LogP contribution in [0.4, 0.5) is 4.79 Å². The topological polar surface area (TPSA) is 98.7 Å². The van der Waals surface area contributed by atoms with Gasteiger partial charge in [-0.15, -0.1) is 0 Å². The van der Waals surface area contributed by atoms with Crippen molar-refractivity contribution in [1.82, 2.24) is 20.1 Å². The maximum atomic E-state index is 13.5. The zero-order valence-corrected chi connectivity index (χ0v) is 16.8. The number of furan rings is 1. The van der Waals surface area contributed by atoms with E-state index in [2.05, 4.69) is 10.3 Å². The number of carbonyl (C=O) groups excluding carboxylic acids is 3. The van der Waals surface area contributed by atoms with Gasteiger partial charge in [0, 0.05) is 17.4 Å². The van der Waals surface area contributed by atoms with Crippen molar-refractivity contribution in [2.45, 2.75) is 38.4 Å². The quantitative estimate of drug-likeness (QED) is 0.651. The molecule has 2 aliphatic heterocycles. The van der Waals surface area contributed by atoms with Gasteiger partial charge in [-0.3, -0.25) is 9.59 Å². The molecule has 1 saturated heterocycles. The first-order valence-corrected chi connectivity index (χ1v) is 9.98. The molecule has 2 aromatic heterocycles. The molecule has 30 heavy (non-hydrogen) atoms. The average molecular weight is 406 g/mol. The fraction of sp³-hybridized carbons (Fsp3) is 0.318. The molecule has 8 nitrogen and oxygen atoms in total. The number of para-hydroxylation sites is 1. The third kappa shape index (κ3) is 2.43. The van der Waals surface area contributed by atoms with Gasteiger partial charge >= 0.3 is 6.03 Å². The number of benzene rings is 1. The molecular formula is C22H22N4O4. The largest absolute Gasteiger partial charge is 0.467 e. The number of fused-ring (bicyclic) bond motifs is 5. The Morgan fingerprint density at radius 1 is 1.27 bits per heavy atom. The number of amides is 4. The Kier molecular flexibility index (Phi) is 3.99. The highest BCUT2D eigenvalue weighted by Gasteiger charge is 2.60. The van der Waals surface area contributed by atoms with E-state index in [0.717, 1.165) is 27.1 Å². The van der Waals surface area contributed by atoms with Gasteiger partial charge in [0.25, 0.3) is 5.91 Å². The van der Waals surface area contributed by atoms with Crippen LogP contribution in [0.5, 0.6) is 0 Å². The number of aromatic amines is 1. The molecule has 0 bridgehead atoms. The van der Waals surface area contributed by atoms with Crippen LogP contribution >= 0.6 is 0 Å². The second-order valence-corrected chi connectivity index (χ2v) is 7.93. The maximum Gasteiger partial charge on any atom is 0.328 e. The van der Waals surface area contributed by atoms with E-state index in [-0.39, 0.29) is 12.5 Å². The van der Waals surface area contributed by atoms with Gasteiger partial charge in [-0.25, -0.2) is 9.69 Å². The molecule has 4 heterocycles. The Morgan fingerprint density at radius 2 is 2.07 bits per heavy atom. The Hall–Kier alpha value is -3.55. The molecule has 0 radical (unpaired) electrons. The van der Waals surface area contributed by atoms with Crippen molar-refractivity contribution >= 4 is 28.7 Å². The predicted octanol–water partition coefficient (Wildman–Crippen LogP) is 2.50. The molecule has 8 heteroatoms. The first-order chi connectivity index (χ1) is 14.4. The van der Waals surface area contributed by atoms with Crippen molar-refractivity contribution in [3.8, 4) is 0 Å². The zero-order chi connectivity index (χ0) is 21.0. The zero-order valence-electron chi connectivity index (χ0n) is 16.8. The number of urea groups is 1. The summed E-state index contributed by atoms with van der Waals surface area (Å²) in [5.41, 5.74) is 1.58. The van der Waals surface area contributed by atoms with E-state index in [1.807, 2.05) is 24.3 Å². The summed E-state index contributed by atoms with van der Waals surface area (Å²) in [5.74, 6) is -0.198. The second kappa shape index (κ2) is 6.48. The predicted molar refractivity (Wildman–Crippen MR) is 108 cm³/mol. The van der Waals surface area contributed by atoms with E-state index in [1.165, 1.54) is 6.26 Å². The highest BCUT2D eigenvalue weighted by atomic mass is 16.3. The SMILES string of the molecule is C[C@@H](C(=O)NCc1ccco1)N1C(=O)N2CCc3c([nH]c4ccccc34)[C@]2(C)C1=O. The number of rotatable bonds is 4. The fourth-order valence-electron chi connectivity index (χ4n) is 4.61. The minimum Gasteiger partial charge on any atom is -0.467 e. The molecule has 154 valence electrons. The fourth-order valence-corrected chi connectivity index (χ4v) is 4.61. The molecule has 5 rings (SSSR count). The van der Waals surface area contributed by atoms with E-state index < -0.39 is 23.5 Å². The highest BCUT2D eigenvalue weighted by molar-refractivity contribution is 6.10. The van der Waals surface area contributed by atoms with Gasteiger partial charge in [0.2, 0.25) is 5.91 Å². The number of H-pyrrole nitrogens is 1. The minimum absolute atomic E-state index is 0.194. The van der Waals surface area contributed by atoms with Crippen molar-refractivity contribution in [3.05, 3.63) is 59.7 Å². The van der Waals surface area contributed by atoms with Crippen LogP contribution in [0.3, 0.4) is 0 Å². The molecule has 0 unspecified atom stereocenters. The van der Waals surface area contributed by atoms with Crippen LogP contribution in [0.25, 0.3) is 10.9 Å². The van der Waals surface area contributed by atoms with Crippen molar-refractivity contribution < 1.29 is 18.8 Å². The lowest BCUT2D eigenvalue weighted by atomic mass is 9.87. The van der Waals surface area contributed by atoms with Crippen molar-refractivity contribution in [1.29, 1.82) is 0 Å². The van der Waals surface area contributed by atoms with Crippen LogP contribution in [-0.4, -0.2) is 45.2 Å². The van der Waals surface area contributed by atoms with Crippen LogP contribution in [0.2, 0.25) is 0 Å². The van der Waals surface area contributed by atoms with Crippen LogP contribution in [0.15, 0.2) is 47.1 Å². The third-order valence-electron chi connectivity index (χ3n) is 6.28. The molecule has 2 N–H and O–H groups in total. The van der Waals surface area contributed by atoms with Crippen LogP contribution in [0, 0.1) is 0 Å². The summed E-state index contributed by atoms with van der Waals surface area (Å²) < 4.78 is 5.22. The summed E-state index contributed by atoms with van der Waals surface area (Å²) >= 11 is 0. The number of imide groups is 1. The number of hydrogen-bond acceptors (Lipinski definition) is 4. The molecule has 0 spiro atoms. The molecule has 4 amide bonds. The van der Waals surface area contributed by atoms with E-state index in [9.17, 15) is 14.4 Å². The van der Waals surface area contributed by atoms with E-state index in [1.54, 1.807) is 30.9 Å². The normalized spacial score (nSPS) is 21.7. The van der Waals surface area contributed by atoms with Crippen LogP contribution < -0.4 is 5.32 Å². The Labute approximate surface area is 172 Å². The summed E-state index contributed by atoms with van der Waals surface area (Å²) in [6.07, 6.45) is 2.18. The summed E-state index contributed by atoms with van der Waals surface area (Å²) in [7, 11) is 0. The Morgan fingerprint density at radius 3 is 2.83 bits per heavy atom. The van der Waals surface area contributed by atoms with Crippen molar-refractivity contribution in [2.24, 2.45) is 0 Å². The van der Waals surface area contributed by atoms with Gasteiger partial charge in [0.15, 0.2) is 5.54 Å². The van der Waals surface area contributed by atoms with Gasteiger partial charge in [0.1, 0.15) is 11.8 Å². The Balaban J connectivity index is 1.46. The summed E-state index contributed by atoms with van der Waals surface area (Å²) in [5, 5.41) is 3.80. The Bertz CT molecular complexity index is 1170.